The zero-order valence-corrected chi connectivity index (χ0v) is 14.5. The number of hydrogen-bond donors (Lipinski definition) is 2. The van der Waals surface area contributed by atoms with E-state index in [2.05, 4.69) is 45.6 Å². The monoisotopic (exact) mass is 364 g/mol. The molecule has 0 radical (unpaired) electrons. The van der Waals surface area contributed by atoms with Crippen LogP contribution in [0.3, 0.4) is 0 Å². The molecule has 0 spiro atoms. The molecule has 2 aromatic rings. The zero-order chi connectivity index (χ0) is 14.7. The van der Waals surface area contributed by atoms with E-state index in [4.69, 9.17) is 5.84 Å². The third-order valence-electron chi connectivity index (χ3n) is 4.19. The molecule has 0 saturated carbocycles. The summed E-state index contributed by atoms with van der Waals surface area (Å²) in [6.07, 6.45) is 7.42. The molecule has 1 aliphatic rings. The van der Waals surface area contributed by atoms with Crippen molar-refractivity contribution in [3.63, 3.8) is 0 Å². The summed E-state index contributed by atoms with van der Waals surface area (Å²) >= 11 is 5.58. The maximum Gasteiger partial charge on any atom is 0.0594 e. The van der Waals surface area contributed by atoms with Crippen LogP contribution in [-0.2, 0) is 19.3 Å². The largest absolute Gasteiger partial charge is 0.271 e. The van der Waals surface area contributed by atoms with Gasteiger partial charge in [0.15, 0.2) is 0 Å². The van der Waals surface area contributed by atoms with E-state index in [1.807, 2.05) is 17.4 Å². The summed E-state index contributed by atoms with van der Waals surface area (Å²) < 4.78 is 1.16. The van der Waals surface area contributed by atoms with E-state index < -0.39 is 0 Å². The van der Waals surface area contributed by atoms with Crippen molar-refractivity contribution in [1.29, 1.82) is 0 Å². The topological polar surface area (TPSA) is 38.0 Å². The minimum atomic E-state index is 0.195. The van der Waals surface area contributed by atoms with E-state index in [1.165, 1.54) is 42.5 Å². The van der Waals surface area contributed by atoms with Gasteiger partial charge < -0.3 is 0 Å². The molecule has 0 aliphatic heterocycles. The average Bonchev–Trinajstić information content (AvgIpc) is 2.77. The second-order valence-corrected chi connectivity index (χ2v) is 7.70. The summed E-state index contributed by atoms with van der Waals surface area (Å²) in [6.45, 7) is 0. The van der Waals surface area contributed by atoms with Gasteiger partial charge in [0.05, 0.1) is 6.04 Å². The van der Waals surface area contributed by atoms with E-state index in [-0.39, 0.29) is 6.04 Å². The lowest BCUT2D eigenvalue weighted by Gasteiger charge is -2.15. The summed E-state index contributed by atoms with van der Waals surface area (Å²) in [7, 11) is 0. The lowest BCUT2D eigenvalue weighted by atomic mass is 10.0. The van der Waals surface area contributed by atoms with Crippen molar-refractivity contribution in [2.45, 2.75) is 44.6 Å². The molecule has 3 N–H and O–H groups in total. The van der Waals surface area contributed by atoms with Crippen LogP contribution < -0.4 is 11.3 Å². The first-order chi connectivity index (χ1) is 10.3. The van der Waals surface area contributed by atoms with Crippen LogP contribution in [0.4, 0.5) is 0 Å². The van der Waals surface area contributed by atoms with Gasteiger partial charge in [-0.3, -0.25) is 11.3 Å². The van der Waals surface area contributed by atoms with Gasteiger partial charge in [0.2, 0.25) is 0 Å². The normalized spacial score (nSPS) is 16.3. The average molecular weight is 365 g/mol. The molecule has 0 amide bonds. The Hall–Kier alpha value is -0.680. The van der Waals surface area contributed by atoms with Crippen LogP contribution in [0.2, 0.25) is 0 Å². The molecular formula is C17H21BrN2S. The SMILES string of the molecule is NNC(Cc1ccccc1Br)c1cc2c(s1)CCCCC2. The molecule has 112 valence electrons. The van der Waals surface area contributed by atoms with Crippen LogP contribution in [0, 0.1) is 0 Å². The number of nitrogens with one attached hydrogen (secondary N) is 1. The maximum atomic E-state index is 5.83. The van der Waals surface area contributed by atoms with E-state index in [0.29, 0.717) is 0 Å². The Morgan fingerprint density at radius 3 is 2.81 bits per heavy atom. The van der Waals surface area contributed by atoms with Crippen molar-refractivity contribution in [1.82, 2.24) is 5.43 Å². The standard InChI is InChI=1S/C17H21BrN2S/c18-14-8-5-4-6-12(14)10-15(20-19)17-11-13-7-2-1-3-9-16(13)21-17/h4-6,8,11,15,20H,1-3,7,9-10,19H2. The van der Waals surface area contributed by atoms with Crippen LogP contribution in [0.15, 0.2) is 34.8 Å². The number of rotatable bonds is 4. The third-order valence-corrected chi connectivity index (χ3v) is 6.32. The first-order valence-electron chi connectivity index (χ1n) is 7.59. The van der Waals surface area contributed by atoms with Gasteiger partial charge in [-0.2, -0.15) is 0 Å². The fourth-order valence-corrected chi connectivity index (χ4v) is 4.75. The highest BCUT2D eigenvalue weighted by Gasteiger charge is 2.18. The van der Waals surface area contributed by atoms with Crippen LogP contribution >= 0.6 is 27.3 Å². The van der Waals surface area contributed by atoms with Gasteiger partial charge in [0, 0.05) is 14.2 Å². The van der Waals surface area contributed by atoms with Crippen LogP contribution in [-0.4, -0.2) is 0 Å². The molecule has 1 aliphatic carbocycles. The van der Waals surface area contributed by atoms with Gasteiger partial charge >= 0.3 is 0 Å². The highest BCUT2D eigenvalue weighted by molar-refractivity contribution is 9.10. The van der Waals surface area contributed by atoms with E-state index in [0.717, 1.165) is 10.9 Å². The van der Waals surface area contributed by atoms with E-state index in [1.54, 1.807) is 10.4 Å². The minimum absolute atomic E-state index is 0.195. The molecule has 1 aromatic heterocycles. The van der Waals surface area contributed by atoms with Crippen molar-refractivity contribution in [3.8, 4) is 0 Å². The van der Waals surface area contributed by atoms with Gasteiger partial charge in [-0.25, -0.2) is 0 Å². The molecule has 1 heterocycles. The summed E-state index contributed by atoms with van der Waals surface area (Å²) in [5.74, 6) is 5.83. The molecule has 1 unspecified atom stereocenters. The Kier molecular flexibility index (Phi) is 5.11. The molecule has 1 atom stereocenters. The van der Waals surface area contributed by atoms with E-state index >= 15 is 0 Å². The Bertz CT molecular complexity index is 585. The predicted molar refractivity (Wildman–Crippen MR) is 93.5 cm³/mol. The van der Waals surface area contributed by atoms with Gasteiger partial charge in [0.25, 0.3) is 0 Å². The van der Waals surface area contributed by atoms with Gasteiger partial charge in [-0.1, -0.05) is 40.5 Å². The lowest BCUT2D eigenvalue weighted by molar-refractivity contribution is 0.559. The van der Waals surface area contributed by atoms with Crippen molar-refractivity contribution in [2.24, 2.45) is 5.84 Å². The molecule has 1 aromatic carbocycles. The second kappa shape index (κ2) is 7.05. The van der Waals surface area contributed by atoms with Crippen molar-refractivity contribution < 1.29 is 0 Å². The summed E-state index contributed by atoms with van der Waals surface area (Å²) in [4.78, 5) is 2.95. The number of fused-ring (bicyclic) bond motifs is 1. The highest BCUT2D eigenvalue weighted by Crippen LogP contribution is 2.34. The Balaban J connectivity index is 1.82. The molecule has 3 rings (SSSR count). The van der Waals surface area contributed by atoms with Crippen LogP contribution in [0.5, 0.6) is 0 Å². The molecule has 4 heteroatoms. The van der Waals surface area contributed by atoms with Crippen molar-refractivity contribution in [2.75, 3.05) is 0 Å². The molecular weight excluding hydrogens is 344 g/mol. The van der Waals surface area contributed by atoms with E-state index in [9.17, 15) is 0 Å². The van der Waals surface area contributed by atoms with Gasteiger partial charge in [-0.15, -0.1) is 11.3 Å². The molecule has 0 bridgehead atoms. The number of nitrogens with two attached hydrogens (primary N) is 1. The summed E-state index contributed by atoms with van der Waals surface area (Å²) in [6, 6.07) is 11.0. The van der Waals surface area contributed by atoms with Gasteiger partial charge in [0.1, 0.15) is 0 Å². The fourth-order valence-electron chi connectivity index (χ4n) is 2.99. The Labute approximate surface area is 138 Å². The first-order valence-corrected chi connectivity index (χ1v) is 9.20. The van der Waals surface area contributed by atoms with Crippen molar-refractivity contribution >= 4 is 27.3 Å². The summed E-state index contributed by atoms with van der Waals surface area (Å²) in [5, 5.41) is 0. The lowest BCUT2D eigenvalue weighted by Crippen LogP contribution is -2.29. The quantitative estimate of drug-likeness (QED) is 0.475. The number of hydrazine groups is 1. The second-order valence-electron chi connectivity index (χ2n) is 5.67. The Morgan fingerprint density at radius 2 is 2.00 bits per heavy atom. The van der Waals surface area contributed by atoms with Gasteiger partial charge in [-0.05, 0) is 55.4 Å². The van der Waals surface area contributed by atoms with Crippen LogP contribution in [0.25, 0.3) is 0 Å². The smallest absolute Gasteiger partial charge is 0.0594 e. The Morgan fingerprint density at radius 1 is 1.19 bits per heavy atom. The number of halogens is 1. The number of thiophene rings is 1. The maximum absolute atomic E-state index is 5.83. The molecule has 2 nitrogen and oxygen atoms in total. The molecule has 0 fully saturated rings. The summed E-state index contributed by atoms with van der Waals surface area (Å²) in [5.41, 5.74) is 5.86. The third kappa shape index (κ3) is 3.57. The van der Waals surface area contributed by atoms with Crippen molar-refractivity contribution in [3.05, 3.63) is 55.7 Å². The number of hydrogen-bond acceptors (Lipinski definition) is 3. The fraction of sp³-hybridized carbons (Fsp3) is 0.412. The zero-order valence-electron chi connectivity index (χ0n) is 12.1. The number of benzene rings is 1. The first kappa shape index (κ1) is 15.2. The molecule has 0 saturated heterocycles. The number of aryl methyl sites for hydroxylation is 2. The van der Waals surface area contributed by atoms with Crippen LogP contribution in [0.1, 0.15) is 46.2 Å². The predicted octanol–water partition coefficient (Wildman–Crippen LogP) is 4.53. The minimum Gasteiger partial charge on any atom is -0.271 e. The molecule has 21 heavy (non-hydrogen) atoms. The highest BCUT2D eigenvalue weighted by atomic mass is 79.9.